The number of nitrogens with zero attached hydrogens (tertiary/aromatic N) is 1. The molecule has 0 aromatic heterocycles. The van der Waals surface area contributed by atoms with E-state index in [9.17, 15) is 5.26 Å². The van der Waals surface area contributed by atoms with Crippen molar-refractivity contribution < 1.29 is 4.74 Å². The van der Waals surface area contributed by atoms with Crippen LogP contribution in [-0.4, -0.2) is 6.10 Å². The summed E-state index contributed by atoms with van der Waals surface area (Å²) in [6, 6.07) is 8.74. The first kappa shape index (κ1) is 15.9. The van der Waals surface area contributed by atoms with Gasteiger partial charge in [-0.25, -0.2) is 0 Å². The Morgan fingerprint density at radius 2 is 1.90 bits per heavy atom. The van der Waals surface area contributed by atoms with Crippen LogP contribution in [-0.2, 0) is 0 Å². The third kappa shape index (κ3) is 3.79. The van der Waals surface area contributed by atoms with Gasteiger partial charge < -0.3 is 4.74 Å². The molecule has 114 valence electrons. The second kappa shape index (κ2) is 6.10. The van der Waals surface area contributed by atoms with Crippen molar-refractivity contribution in [3.63, 3.8) is 0 Å². The van der Waals surface area contributed by atoms with Gasteiger partial charge in [-0.05, 0) is 61.6 Å². The minimum Gasteiger partial charge on any atom is -0.489 e. The zero-order valence-corrected chi connectivity index (χ0v) is 13.9. The third-order valence-corrected chi connectivity index (χ3v) is 4.80. The number of ether oxygens (including phenoxy) is 1. The molecule has 1 fully saturated rings. The summed E-state index contributed by atoms with van der Waals surface area (Å²) >= 11 is 0. The Bertz CT molecular complexity index is 535. The van der Waals surface area contributed by atoms with Crippen molar-refractivity contribution in [3.8, 4) is 11.8 Å². The number of hydrogen-bond donors (Lipinski definition) is 0. The highest BCUT2D eigenvalue weighted by Crippen LogP contribution is 2.41. The summed E-state index contributed by atoms with van der Waals surface area (Å²) in [5.74, 6) is 1.58. The van der Waals surface area contributed by atoms with E-state index >= 15 is 0 Å². The second-order valence-corrected chi connectivity index (χ2v) is 7.54. The molecule has 1 saturated carbocycles. The standard InChI is InChI=1S/C19H27NO/c1-13-6-7-14(2)17(10-13)21-18-11-16(19(3,4)5)9-8-15(18)12-20/h6-7,10,15-16,18H,8-9,11H2,1-5H3. The molecule has 2 rings (SSSR count). The lowest BCUT2D eigenvalue weighted by atomic mass is 9.69. The lowest BCUT2D eigenvalue weighted by Gasteiger charge is -2.39. The minimum atomic E-state index is 0.0171. The summed E-state index contributed by atoms with van der Waals surface area (Å²) in [7, 11) is 0. The van der Waals surface area contributed by atoms with Crippen molar-refractivity contribution in [3.05, 3.63) is 29.3 Å². The molecule has 0 radical (unpaired) electrons. The van der Waals surface area contributed by atoms with Gasteiger partial charge in [-0.2, -0.15) is 5.26 Å². The van der Waals surface area contributed by atoms with Gasteiger partial charge in [0.1, 0.15) is 11.9 Å². The molecular formula is C19H27NO. The summed E-state index contributed by atoms with van der Waals surface area (Å²) in [4.78, 5) is 0. The van der Waals surface area contributed by atoms with E-state index in [2.05, 4.69) is 58.9 Å². The lowest BCUT2D eigenvalue weighted by Crippen LogP contribution is -2.38. The Morgan fingerprint density at radius 1 is 1.19 bits per heavy atom. The van der Waals surface area contributed by atoms with E-state index in [0.717, 1.165) is 30.6 Å². The fourth-order valence-electron chi connectivity index (χ4n) is 3.19. The van der Waals surface area contributed by atoms with E-state index in [1.807, 2.05) is 0 Å². The number of benzene rings is 1. The highest BCUT2D eigenvalue weighted by molar-refractivity contribution is 5.36. The third-order valence-electron chi connectivity index (χ3n) is 4.80. The molecule has 0 amide bonds. The molecule has 0 N–H and O–H groups in total. The SMILES string of the molecule is Cc1ccc(C)c(OC2CC(C(C)(C)C)CCC2C#N)c1. The van der Waals surface area contributed by atoms with Crippen LogP contribution in [0, 0.1) is 42.4 Å². The topological polar surface area (TPSA) is 33.0 Å². The van der Waals surface area contributed by atoms with Gasteiger partial charge in [0.05, 0.1) is 12.0 Å². The average Bonchev–Trinajstić information content (AvgIpc) is 2.42. The first-order chi connectivity index (χ1) is 9.81. The zero-order chi connectivity index (χ0) is 15.6. The fraction of sp³-hybridized carbons (Fsp3) is 0.632. The van der Waals surface area contributed by atoms with Gasteiger partial charge in [0, 0.05) is 0 Å². The Balaban J connectivity index is 2.18. The molecule has 1 aliphatic rings. The van der Waals surface area contributed by atoms with E-state index in [1.165, 1.54) is 5.56 Å². The van der Waals surface area contributed by atoms with E-state index in [0.29, 0.717) is 5.92 Å². The largest absolute Gasteiger partial charge is 0.489 e. The van der Waals surface area contributed by atoms with Crippen LogP contribution in [0.25, 0.3) is 0 Å². The molecule has 3 unspecified atom stereocenters. The van der Waals surface area contributed by atoms with Crippen molar-refractivity contribution in [1.82, 2.24) is 0 Å². The lowest BCUT2D eigenvalue weighted by molar-refractivity contribution is 0.0489. The van der Waals surface area contributed by atoms with E-state index in [-0.39, 0.29) is 17.4 Å². The number of rotatable bonds is 2. The molecule has 2 heteroatoms. The van der Waals surface area contributed by atoms with Gasteiger partial charge in [0.15, 0.2) is 0 Å². The van der Waals surface area contributed by atoms with Crippen molar-refractivity contribution in [2.45, 2.75) is 60.0 Å². The van der Waals surface area contributed by atoms with Crippen LogP contribution < -0.4 is 4.74 Å². The maximum atomic E-state index is 9.42. The first-order valence-corrected chi connectivity index (χ1v) is 7.95. The molecule has 1 aromatic rings. The van der Waals surface area contributed by atoms with Crippen LogP contribution in [0.15, 0.2) is 18.2 Å². The van der Waals surface area contributed by atoms with Gasteiger partial charge in [0.25, 0.3) is 0 Å². The van der Waals surface area contributed by atoms with Crippen LogP contribution in [0.1, 0.15) is 51.2 Å². The van der Waals surface area contributed by atoms with E-state index in [1.54, 1.807) is 0 Å². The summed E-state index contributed by atoms with van der Waals surface area (Å²) in [5.41, 5.74) is 2.63. The summed E-state index contributed by atoms with van der Waals surface area (Å²) in [5, 5.41) is 9.42. The van der Waals surface area contributed by atoms with Gasteiger partial charge in [-0.1, -0.05) is 32.9 Å². The Morgan fingerprint density at radius 3 is 2.52 bits per heavy atom. The molecule has 0 saturated heterocycles. The molecule has 0 heterocycles. The molecule has 1 aliphatic carbocycles. The van der Waals surface area contributed by atoms with Crippen molar-refractivity contribution in [1.29, 1.82) is 5.26 Å². The predicted molar refractivity (Wildman–Crippen MR) is 86.2 cm³/mol. The number of nitriles is 1. The Hall–Kier alpha value is -1.49. The predicted octanol–water partition coefficient (Wildman–Crippen LogP) is 5.04. The summed E-state index contributed by atoms with van der Waals surface area (Å²) in [6.45, 7) is 11.0. The summed E-state index contributed by atoms with van der Waals surface area (Å²) in [6.07, 6.45) is 3.09. The zero-order valence-electron chi connectivity index (χ0n) is 13.9. The summed E-state index contributed by atoms with van der Waals surface area (Å²) < 4.78 is 6.27. The molecule has 0 bridgehead atoms. The molecule has 0 aliphatic heterocycles. The Labute approximate surface area is 129 Å². The van der Waals surface area contributed by atoms with E-state index < -0.39 is 0 Å². The van der Waals surface area contributed by atoms with Gasteiger partial charge in [-0.3, -0.25) is 0 Å². The van der Waals surface area contributed by atoms with Gasteiger partial charge in [-0.15, -0.1) is 0 Å². The van der Waals surface area contributed by atoms with Gasteiger partial charge in [0.2, 0.25) is 0 Å². The molecule has 2 nitrogen and oxygen atoms in total. The smallest absolute Gasteiger partial charge is 0.122 e. The normalized spacial score (nSPS) is 26.2. The maximum absolute atomic E-state index is 9.42. The number of hydrogen-bond acceptors (Lipinski definition) is 2. The van der Waals surface area contributed by atoms with Crippen molar-refractivity contribution >= 4 is 0 Å². The van der Waals surface area contributed by atoms with Crippen LogP contribution in [0.4, 0.5) is 0 Å². The van der Waals surface area contributed by atoms with Crippen LogP contribution in [0.3, 0.4) is 0 Å². The molecule has 0 spiro atoms. The molecule has 3 atom stereocenters. The number of aryl methyl sites for hydroxylation is 2. The van der Waals surface area contributed by atoms with Crippen LogP contribution in [0.2, 0.25) is 0 Å². The molecule has 1 aromatic carbocycles. The highest BCUT2D eigenvalue weighted by atomic mass is 16.5. The highest BCUT2D eigenvalue weighted by Gasteiger charge is 2.37. The second-order valence-electron chi connectivity index (χ2n) is 7.54. The quantitative estimate of drug-likeness (QED) is 0.763. The van der Waals surface area contributed by atoms with Crippen molar-refractivity contribution in [2.75, 3.05) is 0 Å². The maximum Gasteiger partial charge on any atom is 0.122 e. The van der Waals surface area contributed by atoms with Gasteiger partial charge >= 0.3 is 0 Å². The van der Waals surface area contributed by atoms with Crippen LogP contribution >= 0.6 is 0 Å². The average molecular weight is 285 g/mol. The van der Waals surface area contributed by atoms with Crippen molar-refractivity contribution in [2.24, 2.45) is 17.3 Å². The molecule has 21 heavy (non-hydrogen) atoms. The molecular weight excluding hydrogens is 258 g/mol. The van der Waals surface area contributed by atoms with Crippen LogP contribution in [0.5, 0.6) is 5.75 Å². The monoisotopic (exact) mass is 285 g/mol. The first-order valence-electron chi connectivity index (χ1n) is 7.95. The Kier molecular flexibility index (Phi) is 4.61. The fourth-order valence-corrected chi connectivity index (χ4v) is 3.19. The minimum absolute atomic E-state index is 0.0171. The van der Waals surface area contributed by atoms with E-state index in [4.69, 9.17) is 4.74 Å².